The zero-order valence-electron chi connectivity index (χ0n) is 21.6. The number of esters is 2. The maximum Gasteiger partial charge on any atom is 0.331 e. The standard InChI is InChI=1S/C29H42O6/c1-19(30)35-22-17-26(2)12-7-13-28(29(26,33)15-10-20-16-24(32)34-18-20)23(31)11-14-27(3,25(22)28)21-8-5-4-6-9-21/h7,12,16,21-23,25,31,33H,4-6,8-11,13-15,17-18H2,1-3H3. The van der Waals surface area contributed by atoms with Crippen LogP contribution in [0.5, 0.6) is 0 Å². The quantitative estimate of drug-likeness (QED) is 0.435. The number of hydrogen-bond donors (Lipinski definition) is 2. The molecule has 0 aromatic heterocycles. The van der Waals surface area contributed by atoms with Gasteiger partial charge in [-0.2, -0.15) is 0 Å². The molecule has 5 aliphatic rings. The number of cyclic esters (lactones) is 1. The van der Waals surface area contributed by atoms with Crippen LogP contribution in [0, 0.1) is 28.1 Å². The van der Waals surface area contributed by atoms with E-state index in [1.807, 2.05) is 0 Å². The van der Waals surface area contributed by atoms with Crippen molar-refractivity contribution in [3.05, 3.63) is 23.8 Å². The van der Waals surface area contributed by atoms with E-state index in [1.165, 1.54) is 26.2 Å². The number of aliphatic hydroxyl groups is 2. The lowest BCUT2D eigenvalue weighted by molar-refractivity contribution is -0.316. The van der Waals surface area contributed by atoms with E-state index in [4.69, 9.17) is 9.47 Å². The van der Waals surface area contributed by atoms with Crippen molar-refractivity contribution in [2.45, 2.75) is 109 Å². The van der Waals surface area contributed by atoms with E-state index in [1.54, 1.807) is 6.08 Å². The molecule has 0 radical (unpaired) electrons. The monoisotopic (exact) mass is 486 g/mol. The number of carbonyl (C=O) groups is 2. The number of fused-ring (bicyclic) bond motifs is 1. The number of rotatable bonds is 5. The highest BCUT2D eigenvalue weighted by atomic mass is 16.5. The molecule has 0 aromatic rings. The summed E-state index contributed by atoms with van der Waals surface area (Å²) < 4.78 is 11.2. The molecule has 0 aromatic carbocycles. The highest BCUT2D eigenvalue weighted by Crippen LogP contribution is 2.72. The first-order chi connectivity index (χ1) is 16.6. The Kier molecular flexibility index (Phi) is 6.23. The molecule has 6 nitrogen and oxygen atoms in total. The molecule has 0 amide bonds. The molecule has 1 heterocycles. The van der Waals surface area contributed by atoms with Crippen molar-refractivity contribution in [3.8, 4) is 0 Å². The van der Waals surface area contributed by atoms with Crippen molar-refractivity contribution in [2.75, 3.05) is 6.61 Å². The molecule has 0 saturated heterocycles. The van der Waals surface area contributed by atoms with Crippen molar-refractivity contribution >= 4 is 11.9 Å². The Balaban J connectivity index is 1.62. The van der Waals surface area contributed by atoms with Gasteiger partial charge in [-0.05, 0) is 68.3 Å². The minimum atomic E-state index is -1.20. The number of carbonyl (C=O) groups excluding carboxylic acids is 2. The predicted molar refractivity (Wildman–Crippen MR) is 131 cm³/mol. The summed E-state index contributed by atoms with van der Waals surface area (Å²) >= 11 is 0. The number of hydrogen-bond acceptors (Lipinski definition) is 6. The highest BCUT2D eigenvalue weighted by Gasteiger charge is 2.75. The van der Waals surface area contributed by atoms with Gasteiger partial charge in [0.05, 0.1) is 11.7 Å². The molecule has 1 aliphatic heterocycles. The van der Waals surface area contributed by atoms with Crippen LogP contribution < -0.4 is 0 Å². The lowest BCUT2D eigenvalue weighted by atomic mass is 9.34. The van der Waals surface area contributed by atoms with Crippen LogP contribution in [0.3, 0.4) is 0 Å². The molecule has 1 spiro atoms. The molecule has 7 unspecified atom stereocenters. The van der Waals surface area contributed by atoms with Gasteiger partial charge < -0.3 is 19.7 Å². The smallest absolute Gasteiger partial charge is 0.331 e. The third-order valence-corrected chi connectivity index (χ3v) is 10.9. The van der Waals surface area contributed by atoms with Gasteiger partial charge in [0.2, 0.25) is 0 Å². The number of ether oxygens (including phenoxy) is 2. The van der Waals surface area contributed by atoms with Crippen molar-refractivity contribution < 1.29 is 29.3 Å². The molecular weight excluding hydrogens is 444 g/mol. The zero-order chi connectivity index (χ0) is 25.1. The first-order valence-electron chi connectivity index (χ1n) is 13.7. The SMILES string of the molecule is CC(=O)OC1CC2(C)C=CCC3(C(O)CCC(C)(C4CCCCC4)C13)C2(O)CCC1=CC(=O)OC1. The molecule has 3 fully saturated rings. The Bertz CT molecular complexity index is 933. The average Bonchev–Trinajstić information content (AvgIpc) is 3.23. The minimum Gasteiger partial charge on any atom is -0.462 e. The van der Waals surface area contributed by atoms with E-state index in [-0.39, 0.29) is 36.0 Å². The van der Waals surface area contributed by atoms with E-state index >= 15 is 0 Å². The summed E-state index contributed by atoms with van der Waals surface area (Å²) in [5.74, 6) is -0.259. The van der Waals surface area contributed by atoms with Gasteiger partial charge in [-0.1, -0.05) is 45.3 Å². The molecular formula is C29H42O6. The fraction of sp³-hybridized carbons (Fsp3) is 0.793. The third kappa shape index (κ3) is 3.65. The molecule has 6 heteroatoms. The van der Waals surface area contributed by atoms with Gasteiger partial charge in [0, 0.05) is 29.7 Å². The van der Waals surface area contributed by atoms with Gasteiger partial charge in [-0.15, -0.1) is 0 Å². The van der Waals surface area contributed by atoms with Crippen molar-refractivity contribution in [2.24, 2.45) is 28.1 Å². The Hall–Kier alpha value is -1.66. The second-order valence-electron chi connectivity index (χ2n) is 12.6. The van der Waals surface area contributed by atoms with Crippen LogP contribution in [-0.2, 0) is 19.1 Å². The van der Waals surface area contributed by atoms with E-state index in [2.05, 4.69) is 26.0 Å². The van der Waals surface area contributed by atoms with Crippen LogP contribution in [0.25, 0.3) is 0 Å². The second kappa shape index (κ2) is 8.72. The van der Waals surface area contributed by atoms with Crippen LogP contribution in [0.15, 0.2) is 23.8 Å². The lowest BCUT2D eigenvalue weighted by Crippen LogP contribution is -2.76. The minimum absolute atomic E-state index is 0.133. The molecule has 4 aliphatic carbocycles. The van der Waals surface area contributed by atoms with Crippen molar-refractivity contribution in [3.63, 3.8) is 0 Å². The van der Waals surface area contributed by atoms with Crippen LogP contribution >= 0.6 is 0 Å². The van der Waals surface area contributed by atoms with Gasteiger partial charge in [-0.25, -0.2) is 4.79 Å². The molecule has 2 N–H and O–H groups in total. The molecule has 194 valence electrons. The van der Waals surface area contributed by atoms with Gasteiger partial charge in [-0.3, -0.25) is 4.79 Å². The Morgan fingerprint density at radius 1 is 1.20 bits per heavy atom. The summed E-state index contributed by atoms with van der Waals surface area (Å²) in [6.45, 7) is 6.16. The van der Waals surface area contributed by atoms with Gasteiger partial charge in [0.15, 0.2) is 0 Å². The number of allylic oxidation sites excluding steroid dienone is 1. The topological polar surface area (TPSA) is 93.1 Å². The molecule has 5 rings (SSSR count). The fourth-order valence-electron chi connectivity index (χ4n) is 9.29. The average molecular weight is 487 g/mol. The van der Waals surface area contributed by atoms with Gasteiger partial charge in [0.1, 0.15) is 12.7 Å². The summed E-state index contributed by atoms with van der Waals surface area (Å²) in [5.41, 5.74) is -1.91. The summed E-state index contributed by atoms with van der Waals surface area (Å²) in [5, 5.41) is 24.7. The Morgan fingerprint density at radius 2 is 1.94 bits per heavy atom. The largest absolute Gasteiger partial charge is 0.462 e. The molecule has 3 saturated carbocycles. The third-order valence-electron chi connectivity index (χ3n) is 10.9. The van der Waals surface area contributed by atoms with Crippen LogP contribution in [0.2, 0.25) is 0 Å². The van der Waals surface area contributed by atoms with E-state index < -0.39 is 22.5 Å². The molecule has 35 heavy (non-hydrogen) atoms. The van der Waals surface area contributed by atoms with Gasteiger partial charge >= 0.3 is 11.9 Å². The van der Waals surface area contributed by atoms with E-state index in [0.717, 1.165) is 24.8 Å². The van der Waals surface area contributed by atoms with Crippen LogP contribution in [0.1, 0.15) is 91.4 Å². The first kappa shape index (κ1) is 25.0. The van der Waals surface area contributed by atoms with Crippen LogP contribution in [-0.4, -0.2) is 46.6 Å². The van der Waals surface area contributed by atoms with Crippen LogP contribution in [0.4, 0.5) is 0 Å². The summed E-state index contributed by atoms with van der Waals surface area (Å²) in [7, 11) is 0. The normalized spacial score (nSPS) is 45.5. The maximum absolute atomic E-state index is 12.9. The highest BCUT2D eigenvalue weighted by molar-refractivity contribution is 5.85. The van der Waals surface area contributed by atoms with E-state index in [9.17, 15) is 19.8 Å². The Morgan fingerprint density at radius 3 is 2.60 bits per heavy atom. The van der Waals surface area contributed by atoms with Crippen molar-refractivity contribution in [1.82, 2.24) is 0 Å². The maximum atomic E-state index is 12.9. The fourth-order valence-corrected chi connectivity index (χ4v) is 9.29. The van der Waals surface area contributed by atoms with E-state index in [0.29, 0.717) is 38.0 Å². The molecule has 7 atom stereocenters. The zero-order valence-corrected chi connectivity index (χ0v) is 21.6. The molecule has 2 bridgehead atoms. The van der Waals surface area contributed by atoms with Crippen molar-refractivity contribution in [1.29, 1.82) is 0 Å². The van der Waals surface area contributed by atoms with Gasteiger partial charge in [0.25, 0.3) is 0 Å². The number of aliphatic hydroxyl groups excluding tert-OH is 1. The second-order valence-corrected chi connectivity index (χ2v) is 12.6. The summed E-state index contributed by atoms with van der Waals surface area (Å²) in [6, 6.07) is 0. The summed E-state index contributed by atoms with van der Waals surface area (Å²) in [4.78, 5) is 24.0. The Labute approximate surface area is 209 Å². The summed E-state index contributed by atoms with van der Waals surface area (Å²) in [6.07, 6.45) is 14.4. The first-order valence-corrected chi connectivity index (χ1v) is 13.7. The predicted octanol–water partition coefficient (Wildman–Crippen LogP) is 4.63. The lowest BCUT2D eigenvalue weighted by Gasteiger charge is -2.72.